The van der Waals surface area contributed by atoms with Gasteiger partial charge in [0.15, 0.2) is 0 Å². The molecule has 0 saturated carbocycles. The minimum atomic E-state index is -0.241. The van der Waals surface area contributed by atoms with E-state index in [1.807, 2.05) is 6.07 Å². The van der Waals surface area contributed by atoms with Crippen molar-refractivity contribution in [3.63, 3.8) is 0 Å². The lowest BCUT2D eigenvalue weighted by Crippen LogP contribution is -2.41. The molecule has 132 valence electrons. The van der Waals surface area contributed by atoms with E-state index in [4.69, 9.17) is 4.74 Å². The predicted molar refractivity (Wildman–Crippen MR) is 99.7 cm³/mol. The van der Waals surface area contributed by atoms with Crippen LogP contribution in [0.25, 0.3) is 10.9 Å². The van der Waals surface area contributed by atoms with E-state index in [-0.39, 0.29) is 17.3 Å². The molecular formula is C21H26N2O2. The van der Waals surface area contributed by atoms with Crippen molar-refractivity contribution in [3.05, 3.63) is 47.7 Å². The minimum absolute atomic E-state index is 0.0377. The van der Waals surface area contributed by atoms with E-state index in [1.165, 1.54) is 18.1 Å². The van der Waals surface area contributed by atoms with Crippen LogP contribution in [0.2, 0.25) is 0 Å². The van der Waals surface area contributed by atoms with Crippen molar-refractivity contribution in [1.29, 1.82) is 0 Å². The lowest BCUT2D eigenvalue weighted by molar-refractivity contribution is -0.143. The smallest absolute Gasteiger partial charge is 0.314 e. The lowest BCUT2D eigenvalue weighted by atomic mass is 9.74. The first-order valence-corrected chi connectivity index (χ1v) is 9.23. The highest BCUT2D eigenvalue weighted by Gasteiger charge is 2.39. The van der Waals surface area contributed by atoms with Gasteiger partial charge in [-0.2, -0.15) is 0 Å². The van der Waals surface area contributed by atoms with Gasteiger partial charge in [-0.15, -0.1) is 0 Å². The number of ether oxygens (including phenoxy) is 1. The van der Waals surface area contributed by atoms with Gasteiger partial charge in [-0.25, -0.2) is 0 Å². The highest BCUT2D eigenvalue weighted by Crippen LogP contribution is 2.42. The first-order chi connectivity index (χ1) is 12.2. The number of carbonyl (C=O) groups is 1. The van der Waals surface area contributed by atoms with Gasteiger partial charge in [-0.3, -0.25) is 9.69 Å². The van der Waals surface area contributed by atoms with Crippen LogP contribution < -0.4 is 0 Å². The summed E-state index contributed by atoms with van der Waals surface area (Å²) in [7, 11) is 1.50. The van der Waals surface area contributed by atoms with E-state index in [1.54, 1.807) is 0 Å². The number of H-pyrrole nitrogens is 1. The van der Waals surface area contributed by atoms with Gasteiger partial charge in [0.1, 0.15) is 0 Å². The van der Waals surface area contributed by atoms with Crippen LogP contribution >= 0.6 is 0 Å². The maximum absolute atomic E-state index is 12.7. The third-order valence-electron chi connectivity index (χ3n) is 6.05. The molecule has 4 nitrogen and oxygen atoms in total. The van der Waals surface area contributed by atoms with Gasteiger partial charge < -0.3 is 9.72 Å². The van der Waals surface area contributed by atoms with Crippen molar-refractivity contribution >= 4 is 16.9 Å². The molecule has 4 rings (SSSR count). The van der Waals surface area contributed by atoms with Crippen molar-refractivity contribution in [2.45, 2.75) is 32.1 Å². The van der Waals surface area contributed by atoms with E-state index in [9.17, 15) is 4.79 Å². The van der Waals surface area contributed by atoms with Crippen LogP contribution in [0.4, 0.5) is 0 Å². The Kier molecular flexibility index (Phi) is 4.16. The Morgan fingerprint density at radius 2 is 2.24 bits per heavy atom. The maximum Gasteiger partial charge on any atom is 0.314 e. The SMILES string of the molecule is CC[C@@]12C=CCN(CCc3c([nH]c4ccccc34)[C@@H](C(=O)OC)C1)C2. The number of benzene rings is 1. The summed E-state index contributed by atoms with van der Waals surface area (Å²) in [6.45, 7) is 5.28. The Morgan fingerprint density at radius 1 is 1.40 bits per heavy atom. The van der Waals surface area contributed by atoms with Gasteiger partial charge in [0.25, 0.3) is 0 Å². The van der Waals surface area contributed by atoms with E-state index < -0.39 is 0 Å². The molecule has 2 aromatic rings. The largest absolute Gasteiger partial charge is 0.469 e. The first-order valence-electron chi connectivity index (χ1n) is 9.23. The van der Waals surface area contributed by atoms with Crippen LogP contribution in [-0.2, 0) is 16.0 Å². The van der Waals surface area contributed by atoms with E-state index in [2.05, 4.69) is 47.2 Å². The average Bonchev–Trinajstić information content (AvgIpc) is 3.03. The molecule has 3 atom stereocenters. The second-order valence-corrected chi connectivity index (χ2v) is 7.45. The van der Waals surface area contributed by atoms with Crippen LogP contribution in [0.3, 0.4) is 0 Å². The molecule has 2 aliphatic rings. The molecule has 2 aliphatic heterocycles. The van der Waals surface area contributed by atoms with Gasteiger partial charge in [0.05, 0.1) is 13.0 Å². The Balaban J connectivity index is 1.88. The standard InChI is InChI=1S/C21H26N2O2/c1-3-21-10-6-11-23(14-21)12-9-16-15-7-4-5-8-18(15)22-19(16)17(13-21)20(24)25-2/h4-8,10,17,22H,3,9,11-14H2,1-2H3/t17-,21+/m0/s1. The van der Waals surface area contributed by atoms with Crippen molar-refractivity contribution in [3.8, 4) is 0 Å². The molecule has 0 saturated heterocycles. The molecule has 1 unspecified atom stereocenters. The minimum Gasteiger partial charge on any atom is -0.469 e. The van der Waals surface area contributed by atoms with Gasteiger partial charge in [-0.1, -0.05) is 37.3 Å². The molecule has 1 N–H and O–H groups in total. The number of para-hydroxylation sites is 1. The van der Waals surface area contributed by atoms with Crippen LogP contribution in [0, 0.1) is 5.41 Å². The van der Waals surface area contributed by atoms with E-state index in [0.29, 0.717) is 0 Å². The summed E-state index contributed by atoms with van der Waals surface area (Å²) in [6, 6.07) is 8.37. The number of hydrogen-bond donors (Lipinski definition) is 1. The Hall–Kier alpha value is -2.07. The Labute approximate surface area is 148 Å². The fourth-order valence-corrected chi connectivity index (χ4v) is 4.60. The molecule has 25 heavy (non-hydrogen) atoms. The number of nitrogens with zero attached hydrogens (tertiary/aromatic N) is 1. The average molecular weight is 338 g/mol. The number of carbonyl (C=O) groups excluding carboxylic acids is 1. The second kappa shape index (κ2) is 6.34. The molecule has 1 aromatic heterocycles. The molecule has 3 heterocycles. The number of rotatable bonds is 2. The summed E-state index contributed by atoms with van der Waals surface area (Å²) in [5.41, 5.74) is 3.49. The zero-order valence-electron chi connectivity index (χ0n) is 15.0. The van der Waals surface area contributed by atoms with E-state index >= 15 is 0 Å². The number of esters is 1. The van der Waals surface area contributed by atoms with Gasteiger partial charge in [0, 0.05) is 41.6 Å². The molecule has 0 amide bonds. The monoisotopic (exact) mass is 338 g/mol. The Morgan fingerprint density at radius 3 is 3.04 bits per heavy atom. The molecular weight excluding hydrogens is 312 g/mol. The summed E-state index contributed by atoms with van der Waals surface area (Å²) in [5, 5.41) is 1.24. The summed E-state index contributed by atoms with van der Waals surface area (Å²) in [4.78, 5) is 18.8. The summed E-state index contributed by atoms with van der Waals surface area (Å²) >= 11 is 0. The number of methoxy groups -OCH3 is 1. The maximum atomic E-state index is 12.7. The first kappa shape index (κ1) is 16.4. The third-order valence-corrected chi connectivity index (χ3v) is 6.05. The zero-order chi connectivity index (χ0) is 17.4. The highest BCUT2D eigenvalue weighted by atomic mass is 16.5. The highest BCUT2D eigenvalue weighted by molar-refractivity contribution is 5.88. The number of nitrogens with one attached hydrogen (secondary N) is 1. The van der Waals surface area contributed by atoms with Gasteiger partial charge in [0.2, 0.25) is 0 Å². The van der Waals surface area contributed by atoms with Crippen LogP contribution in [0.1, 0.15) is 36.9 Å². The molecule has 1 aromatic carbocycles. The third kappa shape index (κ3) is 2.78. The van der Waals surface area contributed by atoms with Crippen molar-refractivity contribution in [2.75, 3.05) is 26.7 Å². The number of hydrogen-bond acceptors (Lipinski definition) is 3. The topological polar surface area (TPSA) is 45.3 Å². The number of fused-ring (bicyclic) bond motifs is 5. The molecule has 0 spiro atoms. The van der Waals surface area contributed by atoms with Crippen LogP contribution in [-0.4, -0.2) is 42.6 Å². The molecule has 0 radical (unpaired) electrons. The van der Waals surface area contributed by atoms with E-state index in [0.717, 1.165) is 50.1 Å². The van der Waals surface area contributed by atoms with Crippen molar-refractivity contribution in [1.82, 2.24) is 9.88 Å². The molecule has 4 heteroatoms. The molecule has 0 aliphatic carbocycles. The number of aromatic nitrogens is 1. The predicted octanol–water partition coefficient (Wildman–Crippen LogP) is 3.64. The molecule has 0 fully saturated rings. The zero-order valence-corrected chi connectivity index (χ0v) is 15.0. The van der Waals surface area contributed by atoms with Crippen molar-refractivity contribution in [2.24, 2.45) is 5.41 Å². The molecule has 2 bridgehead atoms. The fourth-order valence-electron chi connectivity index (χ4n) is 4.60. The van der Waals surface area contributed by atoms with Crippen LogP contribution in [0.5, 0.6) is 0 Å². The van der Waals surface area contributed by atoms with Gasteiger partial charge in [-0.05, 0) is 30.9 Å². The number of aromatic amines is 1. The quantitative estimate of drug-likeness (QED) is 0.672. The van der Waals surface area contributed by atoms with Crippen LogP contribution in [0.15, 0.2) is 36.4 Å². The lowest BCUT2D eigenvalue weighted by Gasteiger charge is -2.39. The van der Waals surface area contributed by atoms with Gasteiger partial charge >= 0.3 is 5.97 Å². The summed E-state index contributed by atoms with van der Waals surface area (Å²) in [6.07, 6.45) is 7.40. The normalized spacial score (nSPS) is 28.7. The summed E-state index contributed by atoms with van der Waals surface area (Å²) < 4.78 is 5.21. The Bertz CT molecular complexity index is 822. The van der Waals surface area contributed by atoms with Crippen molar-refractivity contribution < 1.29 is 9.53 Å². The second-order valence-electron chi connectivity index (χ2n) is 7.45. The fraction of sp³-hybridized carbons (Fsp3) is 0.476. The summed E-state index contributed by atoms with van der Waals surface area (Å²) in [5.74, 6) is -0.372.